The zero-order chi connectivity index (χ0) is 11.4. The average molecular weight is 221 g/mol. The molecule has 5 nitrogen and oxygen atoms in total. The quantitative estimate of drug-likeness (QED) is 0.721. The third-order valence-corrected chi connectivity index (χ3v) is 1.95. The molecule has 1 aromatic rings. The summed E-state index contributed by atoms with van der Waals surface area (Å²) in [5.41, 5.74) is 0.759. The van der Waals surface area contributed by atoms with E-state index >= 15 is 0 Å². The van der Waals surface area contributed by atoms with Gasteiger partial charge in [0.2, 0.25) is 0 Å². The minimum atomic E-state index is -1.09. The highest BCUT2D eigenvalue weighted by Crippen LogP contribution is 2.14. The Balaban J connectivity index is 2.00. The first-order chi connectivity index (χ1) is 7.81. The number of hydrogen-bond donors (Lipinski definition) is 0. The normalized spacial score (nSPS) is 18.3. The largest absolute Gasteiger partial charge is 0.460 e. The number of nitrogens with zero attached hydrogens (tertiary/aromatic N) is 1. The van der Waals surface area contributed by atoms with Crippen molar-refractivity contribution in [2.75, 3.05) is 6.61 Å². The summed E-state index contributed by atoms with van der Waals surface area (Å²) in [7, 11) is 0. The van der Waals surface area contributed by atoms with Gasteiger partial charge < -0.3 is 14.3 Å². The van der Waals surface area contributed by atoms with Crippen LogP contribution in [0.25, 0.3) is 0 Å². The van der Waals surface area contributed by atoms with E-state index < -0.39 is 12.3 Å². The number of ether oxygens (including phenoxy) is 2. The Hall–Kier alpha value is -2.04. The van der Waals surface area contributed by atoms with Gasteiger partial charge in [-0.15, -0.1) is 0 Å². The molecule has 0 radical (unpaired) electrons. The first-order valence-electron chi connectivity index (χ1n) is 4.94. The summed E-state index contributed by atoms with van der Waals surface area (Å²) in [4.78, 5) is 16.1. The summed E-state index contributed by atoms with van der Waals surface area (Å²) in [6.07, 6.45) is -1.09. The smallest absolute Gasteiger partial charge is 0.391 e. The van der Waals surface area contributed by atoms with Crippen LogP contribution in [-0.4, -0.2) is 24.8 Å². The van der Waals surface area contributed by atoms with Gasteiger partial charge in [-0.3, -0.25) is 0 Å². The Morgan fingerprint density at radius 3 is 2.88 bits per heavy atom. The zero-order valence-corrected chi connectivity index (χ0v) is 8.75. The number of esters is 1. The van der Waals surface area contributed by atoms with Gasteiger partial charge >= 0.3 is 12.3 Å². The SMILES string of the molecule is CCOC(=O)[C@@H]1ON=C(c2ccccc2)O1. The molecule has 1 aromatic carbocycles. The fraction of sp³-hybridized carbons (Fsp3) is 0.273. The van der Waals surface area contributed by atoms with Gasteiger partial charge in [0.1, 0.15) is 0 Å². The summed E-state index contributed by atoms with van der Waals surface area (Å²) >= 11 is 0. The number of benzene rings is 1. The van der Waals surface area contributed by atoms with Crippen LogP contribution >= 0.6 is 0 Å². The van der Waals surface area contributed by atoms with Gasteiger partial charge in [0.05, 0.1) is 6.61 Å². The van der Waals surface area contributed by atoms with E-state index in [0.717, 1.165) is 5.56 Å². The number of carbonyl (C=O) groups excluding carboxylic acids is 1. The highest BCUT2D eigenvalue weighted by molar-refractivity contribution is 5.96. The molecule has 0 aromatic heterocycles. The lowest BCUT2D eigenvalue weighted by molar-refractivity contribution is -0.171. The third-order valence-electron chi connectivity index (χ3n) is 1.95. The number of carbonyl (C=O) groups is 1. The summed E-state index contributed by atoms with van der Waals surface area (Å²) in [5, 5.41) is 3.68. The molecule has 0 spiro atoms. The molecule has 0 amide bonds. The van der Waals surface area contributed by atoms with E-state index in [4.69, 9.17) is 14.3 Å². The molecule has 84 valence electrons. The van der Waals surface area contributed by atoms with Gasteiger partial charge in [-0.1, -0.05) is 18.2 Å². The summed E-state index contributed by atoms with van der Waals surface area (Å²) in [6.45, 7) is 1.99. The molecule has 0 N–H and O–H groups in total. The van der Waals surface area contributed by atoms with Crippen LogP contribution in [0.2, 0.25) is 0 Å². The molecule has 0 fully saturated rings. The van der Waals surface area contributed by atoms with Crippen molar-refractivity contribution < 1.29 is 19.1 Å². The minimum Gasteiger partial charge on any atom is -0.460 e. The van der Waals surface area contributed by atoms with E-state index in [1.165, 1.54) is 0 Å². The number of oxime groups is 1. The van der Waals surface area contributed by atoms with Gasteiger partial charge in [0, 0.05) is 5.56 Å². The molecule has 5 heteroatoms. The zero-order valence-electron chi connectivity index (χ0n) is 8.75. The third kappa shape index (κ3) is 2.13. The summed E-state index contributed by atoms with van der Waals surface area (Å²) in [6, 6.07) is 9.20. The molecule has 2 rings (SSSR count). The maximum absolute atomic E-state index is 11.3. The second-order valence-electron chi connectivity index (χ2n) is 3.07. The monoisotopic (exact) mass is 221 g/mol. The molecule has 0 bridgehead atoms. The van der Waals surface area contributed by atoms with E-state index in [9.17, 15) is 4.79 Å². The predicted molar refractivity (Wildman–Crippen MR) is 55.6 cm³/mol. The highest BCUT2D eigenvalue weighted by Gasteiger charge is 2.31. The van der Waals surface area contributed by atoms with Crippen LogP contribution in [-0.2, 0) is 19.1 Å². The van der Waals surface area contributed by atoms with Gasteiger partial charge in [0.25, 0.3) is 5.90 Å². The van der Waals surface area contributed by atoms with Crippen LogP contribution in [0.3, 0.4) is 0 Å². The molecule has 16 heavy (non-hydrogen) atoms. The first-order valence-corrected chi connectivity index (χ1v) is 4.94. The van der Waals surface area contributed by atoms with Gasteiger partial charge in [0.15, 0.2) is 0 Å². The molecular weight excluding hydrogens is 210 g/mol. The first kappa shape index (κ1) is 10.5. The van der Waals surface area contributed by atoms with Crippen molar-refractivity contribution in [2.24, 2.45) is 5.16 Å². The molecule has 0 saturated heterocycles. The lowest BCUT2D eigenvalue weighted by Gasteiger charge is -2.07. The minimum absolute atomic E-state index is 0.280. The fourth-order valence-corrected chi connectivity index (χ4v) is 1.24. The predicted octanol–water partition coefficient (Wildman–Crippen LogP) is 1.28. The van der Waals surface area contributed by atoms with Crippen molar-refractivity contribution in [1.29, 1.82) is 0 Å². The van der Waals surface area contributed by atoms with Crippen LogP contribution < -0.4 is 0 Å². The molecule has 1 heterocycles. The Bertz CT molecular complexity index is 402. The fourth-order valence-electron chi connectivity index (χ4n) is 1.24. The average Bonchev–Trinajstić information content (AvgIpc) is 2.80. The number of hydrogen-bond acceptors (Lipinski definition) is 5. The van der Waals surface area contributed by atoms with E-state index in [1.54, 1.807) is 6.92 Å². The van der Waals surface area contributed by atoms with Crippen LogP contribution in [0.1, 0.15) is 12.5 Å². The molecule has 0 unspecified atom stereocenters. The summed E-state index contributed by atoms with van der Waals surface area (Å²) in [5.74, 6) is -0.282. The van der Waals surface area contributed by atoms with Crippen LogP contribution in [0, 0.1) is 0 Å². The van der Waals surface area contributed by atoms with E-state index in [2.05, 4.69) is 5.16 Å². The van der Waals surface area contributed by atoms with Gasteiger partial charge in [-0.25, -0.2) is 4.79 Å². The molecule has 1 aliphatic heterocycles. The summed E-state index contributed by atoms with van der Waals surface area (Å²) < 4.78 is 9.96. The Morgan fingerprint density at radius 1 is 1.44 bits per heavy atom. The van der Waals surface area contributed by atoms with Crippen molar-refractivity contribution in [2.45, 2.75) is 13.2 Å². The van der Waals surface area contributed by atoms with Crippen molar-refractivity contribution in [3.8, 4) is 0 Å². The molecule has 0 saturated carbocycles. The van der Waals surface area contributed by atoms with Crippen molar-refractivity contribution in [1.82, 2.24) is 0 Å². The molecule has 1 atom stereocenters. The van der Waals surface area contributed by atoms with E-state index in [0.29, 0.717) is 5.90 Å². The van der Waals surface area contributed by atoms with E-state index in [-0.39, 0.29) is 6.61 Å². The Kier molecular flexibility index (Phi) is 3.05. The Morgan fingerprint density at radius 2 is 2.19 bits per heavy atom. The van der Waals surface area contributed by atoms with Crippen molar-refractivity contribution >= 4 is 11.9 Å². The lowest BCUT2D eigenvalue weighted by atomic mass is 10.2. The second kappa shape index (κ2) is 4.65. The highest BCUT2D eigenvalue weighted by atomic mass is 16.8. The molecular formula is C11H11NO4. The topological polar surface area (TPSA) is 57.1 Å². The maximum atomic E-state index is 11.3. The maximum Gasteiger partial charge on any atom is 0.391 e. The number of rotatable bonds is 3. The van der Waals surface area contributed by atoms with E-state index in [1.807, 2.05) is 30.3 Å². The van der Waals surface area contributed by atoms with Crippen LogP contribution in [0.15, 0.2) is 35.5 Å². The lowest BCUT2D eigenvalue weighted by Crippen LogP contribution is -2.25. The molecule has 1 aliphatic rings. The van der Waals surface area contributed by atoms with Crippen LogP contribution in [0.5, 0.6) is 0 Å². The van der Waals surface area contributed by atoms with Crippen LogP contribution in [0.4, 0.5) is 0 Å². The second-order valence-corrected chi connectivity index (χ2v) is 3.07. The standard InChI is InChI=1S/C11H11NO4/c1-2-14-10(13)11-15-9(12-16-11)8-6-4-3-5-7-8/h3-7,11H,2H2,1H3/t11-/m0/s1. The van der Waals surface area contributed by atoms with Crippen molar-refractivity contribution in [3.63, 3.8) is 0 Å². The Labute approximate surface area is 92.6 Å². The van der Waals surface area contributed by atoms with Gasteiger partial charge in [-0.2, -0.15) is 0 Å². The van der Waals surface area contributed by atoms with Crippen molar-refractivity contribution in [3.05, 3.63) is 35.9 Å². The molecule has 0 aliphatic carbocycles. The van der Waals surface area contributed by atoms with Gasteiger partial charge in [-0.05, 0) is 24.2 Å².